The third-order valence-corrected chi connectivity index (χ3v) is 3.09. The Bertz CT molecular complexity index is 266. The van der Waals surface area contributed by atoms with E-state index < -0.39 is 0 Å². The zero-order valence-corrected chi connectivity index (χ0v) is 9.66. The fraction of sp³-hybridized carbons (Fsp3) is 0.692. The molecule has 1 aliphatic carbocycles. The van der Waals surface area contributed by atoms with Gasteiger partial charge in [0.05, 0.1) is 0 Å². The summed E-state index contributed by atoms with van der Waals surface area (Å²) in [4.78, 5) is 22.7. The van der Waals surface area contributed by atoms with Gasteiger partial charge in [-0.3, -0.25) is 4.79 Å². The highest BCUT2D eigenvalue weighted by Gasteiger charge is 2.33. The van der Waals surface area contributed by atoms with Gasteiger partial charge >= 0.3 is 0 Å². The van der Waals surface area contributed by atoms with Crippen LogP contribution in [0, 0.1) is 11.8 Å². The van der Waals surface area contributed by atoms with Gasteiger partial charge in [-0.25, -0.2) is 0 Å². The Labute approximate surface area is 91.7 Å². The van der Waals surface area contributed by atoms with Crippen molar-refractivity contribution in [2.75, 3.05) is 0 Å². The van der Waals surface area contributed by atoms with Crippen molar-refractivity contribution >= 4 is 11.6 Å². The number of Topliss-reactive ketones (excluding diaryl/α,β-unsaturated/α-hetero) is 2. The van der Waals surface area contributed by atoms with Gasteiger partial charge in [-0.05, 0) is 32.1 Å². The number of carbonyl (C=O) groups is 2. The zero-order chi connectivity index (χ0) is 11.3. The van der Waals surface area contributed by atoms with E-state index in [2.05, 4.69) is 19.1 Å². The van der Waals surface area contributed by atoms with Crippen molar-refractivity contribution in [2.24, 2.45) is 11.8 Å². The fourth-order valence-corrected chi connectivity index (χ4v) is 2.32. The van der Waals surface area contributed by atoms with Crippen LogP contribution in [0.3, 0.4) is 0 Å². The molecule has 0 aromatic heterocycles. The van der Waals surface area contributed by atoms with Gasteiger partial charge in [0.1, 0.15) is 11.6 Å². The number of hydrogen-bond donors (Lipinski definition) is 0. The highest BCUT2D eigenvalue weighted by molar-refractivity contribution is 5.85. The molecular weight excluding hydrogens is 188 g/mol. The van der Waals surface area contributed by atoms with Crippen LogP contribution in [0.2, 0.25) is 0 Å². The molecule has 0 spiro atoms. The number of carbonyl (C=O) groups excluding carboxylic acids is 2. The molecule has 0 bridgehead atoms. The summed E-state index contributed by atoms with van der Waals surface area (Å²) < 4.78 is 0. The Morgan fingerprint density at radius 2 is 2.20 bits per heavy atom. The lowest BCUT2D eigenvalue weighted by Gasteiger charge is -2.14. The molecule has 0 saturated heterocycles. The van der Waals surface area contributed by atoms with E-state index in [0.717, 1.165) is 19.3 Å². The molecule has 1 saturated carbocycles. The van der Waals surface area contributed by atoms with Gasteiger partial charge in [0.15, 0.2) is 0 Å². The monoisotopic (exact) mass is 208 g/mol. The number of hydrogen-bond acceptors (Lipinski definition) is 2. The Hall–Kier alpha value is -0.920. The molecule has 84 valence electrons. The maximum Gasteiger partial charge on any atom is 0.136 e. The first kappa shape index (κ1) is 12.2. The lowest BCUT2D eigenvalue weighted by Crippen LogP contribution is -2.16. The Morgan fingerprint density at radius 3 is 2.80 bits per heavy atom. The summed E-state index contributed by atoms with van der Waals surface area (Å²) in [6.07, 6.45) is 8.17. The number of allylic oxidation sites excluding steroid dienone is 2. The molecule has 0 unspecified atom stereocenters. The molecule has 1 fully saturated rings. The van der Waals surface area contributed by atoms with Crippen molar-refractivity contribution in [3.05, 3.63) is 12.2 Å². The first-order valence-electron chi connectivity index (χ1n) is 5.82. The molecule has 0 aliphatic heterocycles. The van der Waals surface area contributed by atoms with Crippen LogP contribution >= 0.6 is 0 Å². The Balaban J connectivity index is 2.52. The first-order chi connectivity index (χ1) is 7.15. The van der Waals surface area contributed by atoms with Gasteiger partial charge < -0.3 is 4.79 Å². The molecule has 0 aromatic rings. The number of ketones is 2. The summed E-state index contributed by atoms with van der Waals surface area (Å²) in [6, 6.07) is 0. The van der Waals surface area contributed by atoms with Crippen LogP contribution in [0.25, 0.3) is 0 Å². The number of rotatable bonds is 5. The van der Waals surface area contributed by atoms with E-state index in [1.807, 2.05) is 0 Å². The quantitative estimate of drug-likeness (QED) is 0.651. The Kier molecular flexibility index (Phi) is 4.73. The second-order valence-corrected chi connectivity index (χ2v) is 4.39. The smallest absolute Gasteiger partial charge is 0.136 e. The van der Waals surface area contributed by atoms with Gasteiger partial charge in [0, 0.05) is 18.8 Å². The average molecular weight is 208 g/mol. The van der Waals surface area contributed by atoms with Crippen LogP contribution in [-0.2, 0) is 9.59 Å². The maximum absolute atomic E-state index is 11.6. The topological polar surface area (TPSA) is 34.1 Å². The summed E-state index contributed by atoms with van der Waals surface area (Å²) in [5.74, 6) is 0.967. The van der Waals surface area contributed by atoms with Gasteiger partial charge in [-0.2, -0.15) is 0 Å². The zero-order valence-electron chi connectivity index (χ0n) is 9.66. The lowest BCUT2D eigenvalue weighted by atomic mass is 9.88. The van der Waals surface area contributed by atoms with E-state index in [0.29, 0.717) is 24.5 Å². The van der Waals surface area contributed by atoms with E-state index in [-0.39, 0.29) is 11.7 Å². The van der Waals surface area contributed by atoms with Crippen molar-refractivity contribution in [2.45, 2.75) is 46.0 Å². The van der Waals surface area contributed by atoms with Crippen LogP contribution in [-0.4, -0.2) is 11.6 Å². The van der Waals surface area contributed by atoms with Crippen LogP contribution in [0.1, 0.15) is 46.0 Å². The minimum absolute atomic E-state index is 0.108. The van der Waals surface area contributed by atoms with Crippen molar-refractivity contribution in [1.29, 1.82) is 0 Å². The molecule has 2 heteroatoms. The first-order valence-corrected chi connectivity index (χ1v) is 5.82. The third kappa shape index (κ3) is 3.61. The van der Waals surface area contributed by atoms with E-state index in [1.54, 1.807) is 6.92 Å². The van der Waals surface area contributed by atoms with Gasteiger partial charge in [-0.1, -0.05) is 19.1 Å². The molecule has 0 amide bonds. The standard InChI is InChI=1S/C13H20O2/c1-3-4-5-6-12-11(9-10(2)14)7-8-13(12)15/h4-5,11-12H,3,6-9H2,1-2H3/b5-4-/t11-,12-/m1/s1. The molecule has 2 atom stereocenters. The second kappa shape index (κ2) is 5.84. The predicted molar refractivity (Wildman–Crippen MR) is 60.6 cm³/mol. The predicted octanol–water partition coefficient (Wildman–Crippen LogP) is 2.92. The summed E-state index contributed by atoms with van der Waals surface area (Å²) in [6.45, 7) is 3.70. The minimum Gasteiger partial charge on any atom is -0.300 e. The summed E-state index contributed by atoms with van der Waals surface area (Å²) in [5, 5.41) is 0. The normalized spacial score (nSPS) is 26.4. The molecule has 15 heavy (non-hydrogen) atoms. The SMILES string of the molecule is CC/C=C\C[C@H]1C(=O)CC[C@@H]1CC(C)=O. The summed E-state index contributed by atoms with van der Waals surface area (Å²) >= 11 is 0. The second-order valence-electron chi connectivity index (χ2n) is 4.39. The summed E-state index contributed by atoms with van der Waals surface area (Å²) in [5.41, 5.74) is 0. The lowest BCUT2D eigenvalue weighted by molar-refractivity contribution is -0.121. The van der Waals surface area contributed by atoms with Crippen molar-refractivity contribution in [3.63, 3.8) is 0 Å². The third-order valence-electron chi connectivity index (χ3n) is 3.09. The van der Waals surface area contributed by atoms with E-state index in [9.17, 15) is 9.59 Å². The molecular formula is C13H20O2. The van der Waals surface area contributed by atoms with Crippen LogP contribution < -0.4 is 0 Å². The molecule has 0 N–H and O–H groups in total. The van der Waals surface area contributed by atoms with E-state index in [1.165, 1.54) is 0 Å². The van der Waals surface area contributed by atoms with Crippen LogP contribution in [0.15, 0.2) is 12.2 Å². The highest BCUT2D eigenvalue weighted by atomic mass is 16.1. The van der Waals surface area contributed by atoms with E-state index >= 15 is 0 Å². The van der Waals surface area contributed by atoms with Crippen molar-refractivity contribution in [1.82, 2.24) is 0 Å². The average Bonchev–Trinajstić information content (AvgIpc) is 2.49. The Morgan fingerprint density at radius 1 is 1.47 bits per heavy atom. The van der Waals surface area contributed by atoms with E-state index in [4.69, 9.17) is 0 Å². The molecule has 0 aromatic carbocycles. The maximum atomic E-state index is 11.6. The van der Waals surface area contributed by atoms with Gasteiger partial charge in [-0.15, -0.1) is 0 Å². The van der Waals surface area contributed by atoms with Gasteiger partial charge in [0.2, 0.25) is 0 Å². The minimum atomic E-state index is 0.108. The van der Waals surface area contributed by atoms with Crippen molar-refractivity contribution < 1.29 is 9.59 Å². The van der Waals surface area contributed by atoms with Gasteiger partial charge in [0.25, 0.3) is 0 Å². The van der Waals surface area contributed by atoms with Crippen LogP contribution in [0.4, 0.5) is 0 Å². The fourth-order valence-electron chi connectivity index (χ4n) is 2.32. The largest absolute Gasteiger partial charge is 0.300 e. The summed E-state index contributed by atoms with van der Waals surface area (Å²) in [7, 11) is 0. The van der Waals surface area contributed by atoms with Crippen molar-refractivity contribution in [3.8, 4) is 0 Å². The molecule has 2 nitrogen and oxygen atoms in total. The molecule has 1 rings (SSSR count). The van der Waals surface area contributed by atoms with Crippen LogP contribution in [0.5, 0.6) is 0 Å². The highest BCUT2D eigenvalue weighted by Crippen LogP contribution is 2.34. The molecule has 1 aliphatic rings. The molecule has 0 radical (unpaired) electrons. The molecule has 0 heterocycles.